The normalized spacial score (nSPS) is 55.9. The standard InChI is InChI=1S/C44H72O12/c1-23-15-27(36(53)38(33(23)50)56-28-16-24(19-45)34(51)37(54)35(28)52)55-32-10-11-40(3)29(41(32,4)21-47)9-12-42(5)30(40)8-7-25-26-17-39(2,20-46)13-14-44(26,22-48)31(49)18-43(25,42)6/h7-8,23-24,27-38,45-54H,9-22H2,1-6H3. The summed E-state index contributed by atoms with van der Waals surface area (Å²) in [4.78, 5) is 0. The maximum Gasteiger partial charge on any atom is 0.112 e. The van der Waals surface area contributed by atoms with E-state index in [1.165, 1.54) is 5.57 Å². The van der Waals surface area contributed by atoms with E-state index in [4.69, 9.17) is 9.47 Å². The largest absolute Gasteiger partial charge is 0.396 e. The van der Waals surface area contributed by atoms with Gasteiger partial charge in [-0.25, -0.2) is 0 Å². The van der Waals surface area contributed by atoms with Crippen molar-refractivity contribution in [3.8, 4) is 0 Å². The van der Waals surface area contributed by atoms with Crippen molar-refractivity contribution in [3.05, 3.63) is 23.3 Å². The molecule has 0 amide bonds. The molecule has 12 nitrogen and oxygen atoms in total. The molecule has 0 aliphatic heterocycles. The van der Waals surface area contributed by atoms with Crippen LogP contribution in [0.1, 0.15) is 106 Å². The summed E-state index contributed by atoms with van der Waals surface area (Å²) in [5, 5.41) is 109. The minimum atomic E-state index is -1.55. The topological polar surface area (TPSA) is 221 Å². The van der Waals surface area contributed by atoms with Gasteiger partial charge >= 0.3 is 0 Å². The van der Waals surface area contributed by atoms with Crippen molar-refractivity contribution in [3.63, 3.8) is 0 Å². The van der Waals surface area contributed by atoms with E-state index in [1.54, 1.807) is 0 Å². The van der Waals surface area contributed by atoms with Crippen LogP contribution >= 0.6 is 0 Å². The molecule has 320 valence electrons. The highest BCUT2D eigenvalue weighted by Crippen LogP contribution is 2.74. The Kier molecular flexibility index (Phi) is 11.4. The molecule has 20 atom stereocenters. The Hall–Kier alpha value is -1.00. The predicted molar refractivity (Wildman–Crippen MR) is 207 cm³/mol. The number of aliphatic hydroxyl groups is 10. The fraction of sp³-hybridized carbons (Fsp3) is 0.909. The fourth-order valence-corrected chi connectivity index (χ4v) is 14.0. The zero-order valence-corrected chi connectivity index (χ0v) is 34.4. The zero-order valence-electron chi connectivity index (χ0n) is 34.4. The van der Waals surface area contributed by atoms with E-state index < -0.39 is 84.4 Å². The number of aliphatic hydroxyl groups excluding tert-OH is 10. The Morgan fingerprint density at radius 1 is 0.714 bits per heavy atom. The average Bonchev–Trinajstić information content (AvgIpc) is 3.17. The molecule has 7 rings (SSSR count). The molecule has 7 aliphatic carbocycles. The SMILES string of the molecule is CC1CC(OC2CCC3(C)C(CCC4(C)C3C=CC3=C5CC(C)(CO)CCC5(CO)C(O)CC34C)C2(C)CO)C(O)C(OC2CC(CO)C(O)C(O)C2O)C1O. The maximum atomic E-state index is 12.0. The highest BCUT2D eigenvalue weighted by atomic mass is 16.6. The summed E-state index contributed by atoms with van der Waals surface area (Å²) in [5.74, 6) is -0.887. The molecule has 7 aliphatic rings. The molecule has 0 heterocycles. The van der Waals surface area contributed by atoms with Crippen LogP contribution in [0.5, 0.6) is 0 Å². The molecule has 0 aromatic carbocycles. The number of fused-ring (bicyclic) bond motifs is 6. The molecule has 0 spiro atoms. The molecule has 0 radical (unpaired) electrons. The van der Waals surface area contributed by atoms with Gasteiger partial charge in [-0.3, -0.25) is 0 Å². The Morgan fingerprint density at radius 3 is 2.05 bits per heavy atom. The smallest absolute Gasteiger partial charge is 0.112 e. The number of allylic oxidation sites excluding steroid dienone is 3. The predicted octanol–water partition coefficient (Wildman–Crippen LogP) is 1.98. The van der Waals surface area contributed by atoms with Crippen LogP contribution in [0.4, 0.5) is 0 Å². The molecule has 56 heavy (non-hydrogen) atoms. The molecule has 5 fully saturated rings. The van der Waals surface area contributed by atoms with Gasteiger partial charge in [0.05, 0.1) is 49.8 Å². The van der Waals surface area contributed by atoms with Crippen LogP contribution in [0.2, 0.25) is 0 Å². The van der Waals surface area contributed by atoms with Crippen molar-refractivity contribution < 1.29 is 60.5 Å². The van der Waals surface area contributed by atoms with Crippen molar-refractivity contribution >= 4 is 0 Å². The van der Waals surface area contributed by atoms with Crippen molar-refractivity contribution in [1.82, 2.24) is 0 Å². The van der Waals surface area contributed by atoms with E-state index in [9.17, 15) is 51.1 Å². The van der Waals surface area contributed by atoms with Gasteiger partial charge in [-0.15, -0.1) is 0 Å². The third-order valence-corrected chi connectivity index (χ3v) is 18.1. The Labute approximate surface area is 332 Å². The molecule has 10 N–H and O–H groups in total. The second-order valence-electron chi connectivity index (χ2n) is 21.1. The van der Waals surface area contributed by atoms with Crippen molar-refractivity contribution in [1.29, 1.82) is 0 Å². The summed E-state index contributed by atoms with van der Waals surface area (Å²) in [5.41, 5.74) is -0.187. The lowest BCUT2D eigenvalue weighted by atomic mass is 9.35. The lowest BCUT2D eigenvalue weighted by Gasteiger charge is -2.70. The molecule has 0 aromatic rings. The summed E-state index contributed by atoms with van der Waals surface area (Å²) in [6.45, 7) is 12.5. The Morgan fingerprint density at radius 2 is 1.41 bits per heavy atom. The number of hydrogen-bond donors (Lipinski definition) is 10. The number of rotatable bonds is 8. The van der Waals surface area contributed by atoms with Crippen LogP contribution in [-0.4, -0.2) is 139 Å². The lowest BCUT2D eigenvalue weighted by Crippen LogP contribution is -2.66. The lowest BCUT2D eigenvalue weighted by molar-refractivity contribution is -0.267. The molecule has 0 bridgehead atoms. The van der Waals surface area contributed by atoms with E-state index in [1.807, 2.05) is 6.92 Å². The Balaban J connectivity index is 1.15. The highest BCUT2D eigenvalue weighted by molar-refractivity contribution is 5.47. The average molecular weight is 793 g/mol. The molecular weight excluding hydrogens is 720 g/mol. The van der Waals surface area contributed by atoms with Crippen LogP contribution in [-0.2, 0) is 9.47 Å². The van der Waals surface area contributed by atoms with Crippen LogP contribution in [0.3, 0.4) is 0 Å². The van der Waals surface area contributed by atoms with E-state index in [0.717, 1.165) is 31.3 Å². The van der Waals surface area contributed by atoms with Gasteiger partial charge in [0, 0.05) is 35.4 Å². The van der Waals surface area contributed by atoms with Gasteiger partial charge in [-0.1, -0.05) is 59.3 Å². The summed E-state index contributed by atoms with van der Waals surface area (Å²) in [6.07, 6.45) is -0.00376. The van der Waals surface area contributed by atoms with E-state index >= 15 is 0 Å². The number of hydrogen-bond acceptors (Lipinski definition) is 12. The molecule has 0 saturated heterocycles. The fourth-order valence-electron chi connectivity index (χ4n) is 14.0. The van der Waals surface area contributed by atoms with Gasteiger partial charge in [-0.2, -0.15) is 0 Å². The molecule has 12 heteroatoms. The van der Waals surface area contributed by atoms with Crippen LogP contribution in [0.25, 0.3) is 0 Å². The first-order chi connectivity index (χ1) is 26.2. The summed E-state index contributed by atoms with van der Waals surface area (Å²) >= 11 is 0. The third-order valence-electron chi connectivity index (χ3n) is 18.1. The number of ether oxygens (including phenoxy) is 2. The van der Waals surface area contributed by atoms with Gasteiger partial charge in [0.2, 0.25) is 0 Å². The second kappa shape index (κ2) is 14.9. The zero-order chi connectivity index (χ0) is 41.0. The molecule has 20 unspecified atom stereocenters. The van der Waals surface area contributed by atoms with Crippen LogP contribution < -0.4 is 0 Å². The Bertz CT molecular complexity index is 1520. The quantitative estimate of drug-likeness (QED) is 0.171. The van der Waals surface area contributed by atoms with E-state index in [-0.39, 0.29) is 65.7 Å². The minimum Gasteiger partial charge on any atom is -0.396 e. The van der Waals surface area contributed by atoms with Crippen molar-refractivity contribution in [2.75, 3.05) is 26.4 Å². The van der Waals surface area contributed by atoms with Gasteiger partial charge in [-0.05, 0) is 104 Å². The summed E-state index contributed by atoms with van der Waals surface area (Å²) in [7, 11) is 0. The highest BCUT2D eigenvalue weighted by Gasteiger charge is 2.69. The third kappa shape index (κ3) is 6.12. The van der Waals surface area contributed by atoms with Crippen LogP contribution in [0, 0.1) is 56.2 Å². The summed E-state index contributed by atoms with van der Waals surface area (Å²) < 4.78 is 13.1. The molecule has 0 aromatic heterocycles. The first kappa shape index (κ1) is 43.1. The van der Waals surface area contributed by atoms with Gasteiger partial charge in [0.1, 0.15) is 24.4 Å². The first-order valence-corrected chi connectivity index (χ1v) is 21.5. The molecular formula is C44H72O12. The maximum absolute atomic E-state index is 12.0. The van der Waals surface area contributed by atoms with E-state index in [0.29, 0.717) is 32.1 Å². The minimum absolute atomic E-state index is 0.0344. The monoisotopic (exact) mass is 793 g/mol. The van der Waals surface area contributed by atoms with Crippen molar-refractivity contribution in [2.24, 2.45) is 56.2 Å². The first-order valence-electron chi connectivity index (χ1n) is 21.5. The summed E-state index contributed by atoms with van der Waals surface area (Å²) in [6, 6.07) is 0. The van der Waals surface area contributed by atoms with Gasteiger partial charge in [0.25, 0.3) is 0 Å². The van der Waals surface area contributed by atoms with Gasteiger partial charge in [0.15, 0.2) is 0 Å². The van der Waals surface area contributed by atoms with Crippen molar-refractivity contribution in [2.45, 2.75) is 167 Å². The van der Waals surface area contributed by atoms with Crippen LogP contribution in [0.15, 0.2) is 23.3 Å². The second-order valence-corrected chi connectivity index (χ2v) is 21.1. The van der Waals surface area contributed by atoms with Gasteiger partial charge < -0.3 is 60.5 Å². The molecule has 5 saturated carbocycles. The van der Waals surface area contributed by atoms with E-state index in [2.05, 4.69) is 46.8 Å².